The van der Waals surface area contributed by atoms with Gasteiger partial charge >= 0.3 is 5.97 Å². The molecule has 2 heterocycles. The summed E-state index contributed by atoms with van der Waals surface area (Å²) in [7, 11) is 0. The number of nitrogens with zero attached hydrogens (tertiary/aromatic N) is 1. The van der Waals surface area contributed by atoms with Crippen molar-refractivity contribution in [3.63, 3.8) is 0 Å². The van der Waals surface area contributed by atoms with Gasteiger partial charge in [-0.15, -0.1) is 0 Å². The number of aryl methyl sites for hydroxylation is 3. The number of aromatic amines is 1. The fourth-order valence-corrected chi connectivity index (χ4v) is 5.44. The van der Waals surface area contributed by atoms with Gasteiger partial charge in [-0.25, -0.2) is 0 Å². The molecule has 0 bridgehead atoms. The molecule has 2 aromatic carbocycles. The average molecular weight is 526 g/mol. The Morgan fingerprint density at radius 2 is 1.74 bits per heavy atom. The van der Waals surface area contributed by atoms with Crippen LogP contribution in [0.1, 0.15) is 74.3 Å². The minimum atomic E-state index is -0.727. The molecule has 1 atom stereocenters. The second-order valence-corrected chi connectivity index (χ2v) is 11.3. The van der Waals surface area contributed by atoms with Crippen LogP contribution in [-0.4, -0.2) is 35.6 Å². The van der Waals surface area contributed by atoms with Crippen LogP contribution in [0.25, 0.3) is 22.2 Å². The second kappa shape index (κ2) is 12.6. The summed E-state index contributed by atoms with van der Waals surface area (Å²) >= 11 is 0. The van der Waals surface area contributed by atoms with Gasteiger partial charge in [0.25, 0.3) is 0 Å². The van der Waals surface area contributed by atoms with Crippen LogP contribution >= 0.6 is 0 Å². The molecular formula is C34H43N3O2. The van der Waals surface area contributed by atoms with Crippen LogP contribution in [-0.2, 0) is 21.4 Å². The van der Waals surface area contributed by atoms with Crippen LogP contribution in [0.3, 0.4) is 0 Å². The van der Waals surface area contributed by atoms with Crippen molar-refractivity contribution in [1.82, 2.24) is 15.3 Å². The molecule has 0 saturated carbocycles. The molecule has 0 fully saturated rings. The van der Waals surface area contributed by atoms with Crippen LogP contribution in [0.2, 0.25) is 0 Å². The summed E-state index contributed by atoms with van der Waals surface area (Å²) in [5.41, 5.74) is 8.83. The first-order chi connectivity index (χ1) is 18.7. The molecule has 0 spiro atoms. The summed E-state index contributed by atoms with van der Waals surface area (Å²) in [5.74, 6) is 0.0770. The average Bonchev–Trinajstić information content (AvgIpc) is 3.30. The molecule has 39 heavy (non-hydrogen) atoms. The third-order valence-electron chi connectivity index (χ3n) is 7.62. The summed E-state index contributed by atoms with van der Waals surface area (Å²) < 4.78 is 5.41. The lowest BCUT2D eigenvalue weighted by atomic mass is 9.83. The van der Waals surface area contributed by atoms with E-state index in [-0.39, 0.29) is 11.9 Å². The molecule has 4 rings (SSSR count). The molecule has 4 aromatic rings. The monoisotopic (exact) mass is 525 g/mol. The number of benzene rings is 2. The quantitative estimate of drug-likeness (QED) is 0.149. The van der Waals surface area contributed by atoms with Gasteiger partial charge in [-0.2, -0.15) is 0 Å². The van der Waals surface area contributed by atoms with Crippen LogP contribution in [0.15, 0.2) is 60.9 Å². The molecule has 0 aliphatic heterocycles. The van der Waals surface area contributed by atoms with Crippen molar-refractivity contribution >= 4 is 16.9 Å². The molecule has 0 aliphatic carbocycles. The zero-order valence-electron chi connectivity index (χ0n) is 24.4. The largest absolute Gasteiger partial charge is 0.465 e. The van der Waals surface area contributed by atoms with Gasteiger partial charge in [0.1, 0.15) is 0 Å². The highest BCUT2D eigenvalue weighted by Gasteiger charge is 2.32. The number of ether oxygens (including phenoxy) is 1. The van der Waals surface area contributed by atoms with Crippen molar-refractivity contribution in [2.45, 2.75) is 72.1 Å². The van der Waals surface area contributed by atoms with Crippen LogP contribution < -0.4 is 5.32 Å². The number of carbonyl (C=O) groups is 1. The maximum atomic E-state index is 12.8. The van der Waals surface area contributed by atoms with Gasteiger partial charge < -0.3 is 15.0 Å². The van der Waals surface area contributed by atoms with Gasteiger partial charge in [0, 0.05) is 29.8 Å². The van der Waals surface area contributed by atoms with E-state index in [9.17, 15) is 4.79 Å². The summed E-state index contributed by atoms with van der Waals surface area (Å²) in [4.78, 5) is 20.6. The number of hydrogen-bond acceptors (Lipinski definition) is 4. The Balaban J connectivity index is 1.60. The first-order valence-corrected chi connectivity index (χ1v) is 14.2. The summed E-state index contributed by atoms with van der Waals surface area (Å²) in [6, 6.07) is 17.3. The first-order valence-electron chi connectivity index (χ1n) is 14.2. The molecular weight excluding hydrogens is 482 g/mol. The van der Waals surface area contributed by atoms with Gasteiger partial charge in [-0.05, 0) is 125 Å². The summed E-state index contributed by atoms with van der Waals surface area (Å²) in [6.07, 6.45) is 7.09. The molecule has 2 N–H and O–H groups in total. The lowest BCUT2D eigenvalue weighted by Crippen LogP contribution is -2.31. The van der Waals surface area contributed by atoms with Crippen molar-refractivity contribution in [1.29, 1.82) is 0 Å². The number of hydrogen-bond donors (Lipinski definition) is 2. The fourth-order valence-electron chi connectivity index (χ4n) is 5.44. The summed E-state index contributed by atoms with van der Waals surface area (Å²) in [6.45, 7) is 14.6. The van der Waals surface area contributed by atoms with E-state index in [0.717, 1.165) is 49.1 Å². The maximum Gasteiger partial charge on any atom is 0.315 e. The lowest BCUT2D eigenvalue weighted by molar-refractivity contribution is -0.148. The Hall–Kier alpha value is -3.44. The lowest BCUT2D eigenvalue weighted by Gasteiger charge is -2.23. The Morgan fingerprint density at radius 3 is 2.44 bits per heavy atom. The molecule has 0 saturated heterocycles. The van der Waals surface area contributed by atoms with Crippen LogP contribution in [0.5, 0.6) is 0 Å². The summed E-state index contributed by atoms with van der Waals surface area (Å²) in [5, 5.41) is 4.88. The molecule has 0 radical (unpaired) electrons. The third-order valence-corrected chi connectivity index (χ3v) is 7.62. The second-order valence-electron chi connectivity index (χ2n) is 11.3. The van der Waals surface area contributed by atoms with Crippen molar-refractivity contribution in [2.24, 2.45) is 0 Å². The predicted molar refractivity (Wildman–Crippen MR) is 161 cm³/mol. The predicted octanol–water partition coefficient (Wildman–Crippen LogP) is 7.40. The van der Waals surface area contributed by atoms with E-state index < -0.39 is 5.41 Å². The third kappa shape index (κ3) is 6.77. The van der Waals surface area contributed by atoms with Gasteiger partial charge in [0.2, 0.25) is 0 Å². The van der Waals surface area contributed by atoms with Crippen LogP contribution in [0, 0.1) is 13.8 Å². The van der Waals surface area contributed by atoms with E-state index >= 15 is 0 Å². The Bertz CT molecular complexity index is 1380. The van der Waals surface area contributed by atoms with Gasteiger partial charge in [-0.1, -0.05) is 30.2 Å². The topological polar surface area (TPSA) is 67.0 Å². The maximum absolute atomic E-state index is 12.8. The smallest absolute Gasteiger partial charge is 0.315 e. The Kier molecular flexibility index (Phi) is 9.24. The van der Waals surface area contributed by atoms with Gasteiger partial charge in [0.05, 0.1) is 17.7 Å². The van der Waals surface area contributed by atoms with E-state index in [1.54, 1.807) is 0 Å². The SMILES string of the molecule is CCOC(=O)C(C)(C)c1ccc2[nH]c(-c3cc(C)cc(C)c3)c(C(C)CNCCCCc3ccncc3)c2c1. The van der Waals surface area contributed by atoms with Crippen LogP contribution in [0.4, 0.5) is 0 Å². The first kappa shape index (κ1) is 28.6. The molecule has 206 valence electrons. The highest BCUT2D eigenvalue weighted by molar-refractivity contribution is 5.93. The molecule has 1 unspecified atom stereocenters. The van der Waals surface area contributed by atoms with Gasteiger partial charge in [-0.3, -0.25) is 9.78 Å². The number of carbonyl (C=O) groups excluding carboxylic acids is 1. The van der Waals surface area contributed by atoms with Crippen molar-refractivity contribution in [2.75, 3.05) is 19.7 Å². The molecule has 5 heteroatoms. The highest BCUT2D eigenvalue weighted by Crippen LogP contribution is 2.38. The van der Waals surface area contributed by atoms with E-state index in [0.29, 0.717) is 6.61 Å². The Morgan fingerprint density at radius 1 is 1.03 bits per heavy atom. The number of nitrogens with one attached hydrogen (secondary N) is 2. The number of fused-ring (bicyclic) bond motifs is 1. The van der Waals surface area contributed by atoms with Gasteiger partial charge in [0.15, 0.2) is 0 Å². The van der Waals surface area contributed by atoms with Crippen molar-refractivity contribution in [3.05, 3.63) is 88.7 Å². The minimum absolute atomic E-state index is 0.197. The molecule has 2 aromatic heterocycles. The van der Waals surface area contributed by atoms with E-state index in [2.05, 4.69) is 84.6 Å². The normalized spacial score (nSPS) is 12.6. The standard InChI is InChI=1S/C34H43N3O2/c1-7-39-33(38)34(5,6)28-11-12-30-29(21-28)31(32(37-30)27-19-23(2)18-24(3)20-27)25(4)22-36-15-9-8-10-26-13-16-35-17-14-26/h11-14,16-21,25,36-37H,7-10,15,22H2,1-6H3. The molecule has 5 nitrogen and oxygen atoms in total. The number of rotatable bonds is 12. The zero-order chi connectivity index (χ0) is 28.0. The van der Waals surface area contributed by atoms with Crippen molar-refractivity contribution < 1.29 is 9.53 Å². The van der Waals surface area contributed by atoms with E-state index in [1.165, 1.54) is 33.2 Å². The zero-order valence-corrected chi connectivity index (χ0v) is 24.4. The minimum Gasteiger partial charge on any atom is -0.465 e. The number of H-pyrrole nitrogens is 1. The Labute approximate surface area is 233 Å². The van der Waals surface area contributed by atoms with E-state index in [1.807, 2.05) is 33.2 Å². The number of pyridine rings is 1. The molecule has 0 amide bonds. The number of unbranched alkanes of at least 4 members (excludes halogenated alkanes) is 1. The number of aromatic nitrogens is 2. The van der Waals surface area contributed by atoms with E-state index in [4.69, 9.17) is 4.74 Å². The molecule has 0 aliphatic rings. The highest BCUT2D eigenvalue weighted by atomic mass is 16.5. The number of esters is 1. The fraction of sp³-hybridized carbons (Fsp3) is 0.412. The van der Waals surface area contributed by atoms with Crippen molar-refractivity contribution in [3.8, 4) is 11.3 Å².